The third kappa shape index (κ3) is 3.26. The van der Waals surface area contributed by atoms with Crippen LogP contribution in [-0.4, -0.2) is 19.6 Å². The number of aryl methyl sites for hydroxylation is 1. The minimum absolute atomic E-state index is 0.383. The number of benzene rings is 1. The van der Waals surface area contributed by atoms with Crippen LogP contribution in [0, 0.1) is 18.8 Å². The van der Waals surface area contributed by atoms with Crippen molar-refractivity contribution in [3.05, 3.63) is 29.8 Å². The standard InChI is InChI=1S/C16H26N2/c1-12-4-7-15(8-5-12)18(3)11-14-10-13(2)6-9-16(14)17/h4-5,7-8,13-14,16H,6,9-11,17H2,1-3H3. The maximum Gasteiger partial charge on any atom is 0.0363 e. The number of hydrogen-bond donors (Lipinski definition) is 1. The molecule has 2 N–H and O–H groups in total. The lowest BCUT2D eigenvalue weighted by atomic mass is 9.79. The van der Waals surface area contributed by atoms with Crippen LogP contribution in [0.4, 0.5) is 5.69 Å². The van der Waals surface area contributed by atoms with Gasteiger partial charge in [-0.15, -0.1) is 0 Å². The average Bonchev–Trinajstić information content (AvgIpc) is 2.34. The summed E-state index contributed by atoms with van der Waals surface area (Å²) in [5.74, 6) is 1.47. The number of rotatable bonds is 3. The van der Waals surface area contributed by atoms with Crippen LogP contribution in [0.3, 0.4) is 0 Å². The first-order valence-electron chi connectivity index (χ1n) is 7.09. The van der Waals surface area contributed by atoms with Gasteiger partial charge >= 0.3 is 0 Å². The predicted octanol–water partition coefficient (Wildman–Crippen LogP) is 3.19. The van der Waals surface area contributed by atoms with Crippen LogP contribution in [0.25, 0.3) is 0 Å². The third-order valence-corrected chi connectivity index (χ3v) is 4.29. The molecule has 0 saturated heterocycles. The van der Waals surface area contributed by atoms with Crippen molar-refractivity contribution in [3.63, 3.8) is 0 Å². The Hall–Kier alpha value is -1.02. The smallest absolute Gasteiger partial charge is 0.0363 e. The fourth-order valence-corrected chi connectivity index (χ4v) is 2.99. The molecule has 1 fully saturated rings. The second kappa shape index (κ2) is 5.75. The summed E-state index contributed by atoms with van der Waals surface area (Å²) in [7, 11) is 2.18. The van der Waals surface area contributed by atoms with Crippen molar-refractivity contribution in [2.45, 2.75) is 39.2 Å². The summed E-state index contributed by atoms with van der Waals surface area (Å²) in [6, 6.07) is 9.14. The van der Waals surface area contributed by atoms with Gasteiger partial charge in [-0.2, -0.15) is 0 Å². The van der Waals surface area contributed by atoms with Crippen molar-refractivity contribution < 1.29 is 0 Å². The Balaban J connectivity index is 1.97. The fraction of sp³-hybridized carbons (Fsp3) is 0.625. The third-order valence-electron chi connectivity index (χ3n) is 4.29. The van der Waals surface area contributed by atoms with Crippen LogP contribution in [-0.2, 0) is 0 Å². The molecule has 0 heterocycles. The molecule has 18 heavy (non-hydrogen) atoms. The number of nitrogens with zero attached hydrogens (tertiary/aromatic N) is 1. The highest BCUT2D eigenvalue weighted by molar-refractivity contribution is 5.46. The molecular weight excluding hydrogens is 220 g/mol. The average molecular weight is 246 g/mol. The summed E-state index contributed by atoms with van der Waals surface area (Å²) in [4.78, 5) is 2.35. The monoisotopic (exact) mass is 246 g/mol. The van der Waals surface area contributed by atoms with Gasteiger partial charge in [0.05, 0.1) is 0 Å². The minimum atomic E-state index is 0.383. The predicted molar refractivity (Wildman–Crippen MR) is 78.9 cm³/mol. The zero-order valence-electron chi connectivity index (χ0n) is 11.9. The summed E-state index contributed by atoms with van der Waals surface area (Å²) in [6.07, 6.45) is 3.76. The Labute approximate surface area is 111 Å². The van der Waals surface area contributed by atoms with Crippen LogP contribution >= 0.6 is 0 Å². The Bertz CT molecular complexity index is 371. The van der Waals surface area contributed by atoms with E-state index in [1.54, 1.807) is 0 Å². The van der Waals surface area contributed by atoms with Crippen LogP contribution < -0.4 is 10.6 Å². The summed E-state index contributed by atoms with van der Waals surface area (Å²) < 4.78 is 0. The molecule has 1 aliphatic carbocycles. The molecule has 0 amide bonds. The van der Waals surface area contributed by atoms with E-state index in [0.29, 0.717) is 12.0 Å². The van der Waals surface area contributed by atoms with Gasteiger partial charge in [-0.3, -0.25) is 0 Å². The summed E-state index contributed by atoms with van der Waals surface area (Å²) in [5, 5.41) is 0. The van der Waals surface area contributed by atoms with Gasteiger partial charge in [-0.1, -0.05) is 24.6 Å². The molecule has 1 saturated carbocycles. The van der Waals surface area contributed by atoms with E-state index in [1.807, 2.05) is 0 Å². The second-order valence-electron chi connectivity index (χ2n) is 6.06. The van der Waals surface area contributed by atoms with Crippen LogP contribution in [0.5, 0.6) is 0 Å². The molecule has 1 aromatic rings. The van der Waals surface area contributed by atoms with Crippen molar-refractivity contribution in [3.8, 4) is 0 Å². The molecule has 2 heteroatoms. The molecule has 0 spiro atoms. The van der Waals surface area contributed by atoms with Crippen molar-refractivity contribution in [2.75, 3.05) is 18.5 Å². The molecule has 1 aromatic carbocycles. The maximum absolute atomic E-state index is 6.27. The first-order valence-corrected chi connectivity index (χ1v) is 7.09. The lowest BCUT2D eigenvalue weighted by Crippen LogP contribution is -2.41. The summed E-state index contributed by atoms with van der Waals surface area (Å²) in [6.45, 7) is 5.56. The van der Waals surface area contributed by atoms with Gasteiger partial charge in [0.2, 0.25) is 0 Å². The van der Waals surface area contributed by atoms with Gasteiger partial charge in [-0.25, -0.2) is 0 Å². The van der Waals surface area contributed by atoms with Gasteiger partial charge in [-0.05, 0) is 50.2 Å². The molecule has 0 bridgehead atoms. The van der Waals surface area contributed by atoms with Crippen molar-refractivity contribution in [1.82, 2.24) is 0 Å². The van der Waals surface area contributed by atoms with E-state index in [-0.39, 0.29) is 0 Å². The zero-order valence-corrected chi connectivity index (χ0v) is 11.9. The summed E-state index contributed by atoms with van der Waals surface area (Å²) >= 11 is 0. The van der Waals surface area contributed by atoms with Gasteiger partial charge < -0.3 is 10.6 Å². The lowest BCUT2D eigenvalue weighted by Gasteiger charge is -2.35. The van der Waals surface area contributed by atoms with Gasteiger partial charge in [0.25, 0.3) is 0 Å². The van der Waals surface area contributed by atoms with E-state index in [4.69, 9.17) is 5.73 Å². The molecule has 1 aliphatic rings. The van der Waals surface area contributed by atoms with Crippen molar-refractivity contribution in [2.24, 2.45) is 17.6 Å². The molecule has 3 atom stereocenters. The van der Waals surface area contributed by atoms with E-state index < -0.39 is 0 Å². The SMILES string of the molecule is Cc1ccc(N(C)CC2CC(C)CCC2N)cc1. The van der Waals surface area contributed by atoms with E-state index in [0.717, 1.165) is 12.5 Å². The molecular formula is C16H26N2. The van der Waals surface area contributed by atoms with Crippen LogP contribution in [0.2, 0.25) is 0 Å². The van der Waals surface area contributed by atoms with Crippen molar-refractivity contribution >= 4 is 5.69 Å². The molecule has 100 valence electrons. The molecule has 2 nitrogen and oxygen atoms in total. The Kier molecular flexibility index (Phi) is 4.28. The Morgan fingerprint density at radius 2 is 1.89 bits per heavy atom. The van der Waals surface area contributed by atoms with Crippen LogP contribution in [0.1, 0.15) is 31.7 Å². The number of hydrogen-bond acceptors (Lipinski definition) is 2. The second-order valence-corrected chi connectivity index (χ2v) is 6.06. The highest BCUT2D eigenvalue weighted by Crippen LogP contribution is 2.29. The van der Waals surface area contributed by atoms with Crippen LogP contribution in [0.15, 0.2) is 24.3 Å². The van der Waals surface area contributed by atoms with Gasteiger partial charge in [0.1, 0.15) is 0 Å². The molecule has 2 rings (SSSR count). The largest absolute Gasteiger partial charge is 0.374 e. The normalized spacial score (nSPS) is 28.1. The highest BCUT2D eigenvalue weighted by Gasteiger charge is 2.26. The lowest BCUT2D eigenvalue weighted by molar-refractivity contribution is 0.250. The molecule has 0 radical (unpaired) electrons. The number of anilines is 1. The van der Waals surface area contributed by atoms with E-state index in [1.165, 1.54) is 30.5 Å². The molecule has 0 aliphatic heterocycles. The summed E-state index contributed by atoms with van der Waals surface area (Å²) in [5.41, 5.74) is 8.88. The molecule has 0 aromatic heterocycles. The Morgan fingerprint density at radius 1 is 1.22 bits per heavy atom. The first kappa shape index (κ1) is 13.4. The molecule has 3 unspecified atom stereocenters. The first-order chi connectivity index (χ1) is 8.56. The quantitative estimate of drug-likeness (QED) is 0.887. The fourth-order valence-electron chi connectivity index (χ4n) is 2.99. The zero-order chi connectivity index (χ0) is 13.1. The maximum atomic E-state index is 6.27. The van der Waals surface area contributed by atoms with Gasteiger partial charge in [0, 0.05) is 25.3 Å². The Morgan fingerprint density at radius 3 is 2.56 bits per heavy atom. The van der Waals surface area contributed by atoms with E-state index in [2.05, 4.69) is 50.1 Å². The van der Waals surface area contributed by atoms with E-state index >= 15 is 0 Å². The van der Waals surface area contributed by atoms with E-state index in [9.17, 15) is 0 Å². The van der Waals surface area contributed by atoms with Crippen molar-refractivity contribution in [1.29, 1.82) is 0 Å². The topological polar surface area (TPSA) is 29.3 Å². The van der Waals surface area contributed by atoms with Gasteiger partial charge in [0.15, 0.2) is 0 Å². The highest BCUT2D eigenvalue weighted by atomic mass is 15.1. The minimum Gasteiger partial charge on any atom is -0.374 e. The number of nitrogens with two attached hydrogens (primary N) is 1.